The number of anilines is 1. The van der Waals surface area contributed by atoms with Crippen molar-refractivity contribution in [1.29, 1.82) is 0 Å². The summed E-state index contributed by atoms with van der Waals surface area (Å²) in [4.78, 5) is 4.18. The number of hydrogen-bond acceptors (Lipinski definition) is 2. The Morgan fingerprint density at radius 3 is 2.59 bits per heavy atom. The third-order valence-corrected chi connectivity index (χ3v) is 3.49. The van der Waals surface area contributed by atoms with Crippen LogP contribution in [0.25, 0.3) is 0 Å². The van der Waals surface area contributed by atoms with Crippen molar-refractivity contribution in [2.24, 2.45) is 7.05 Å². The van der Waals surface area contributed by atoms with E-state index in [1.807, 2.05) is 17.7 Å². The predicted octanol–water partition coefficient (Wildman–Crippen LogP) is 3.99. The zero-order valence-electron chi connectivity index (χ0n) is 9.04. The first-order chi connectivity index (χ1) is 8.08. The highest BCUT2D eigenvalue weighted by molar-refractivity contribution is 6.42. The quantitative estimate of drug-likeness (QED) is 0.926. The molecule has 0 atom stereocenters. The van der Waals surface area contributed by atoms with Crippen LogP contribution in [0.4, 0.5) is 5.69 Å². The smallest absolute Gasteiger partial charge is 0.128 e. The van der Waals surface area contributed by atoms with E-state index in [1.54, 1.807) is 18.3 Å². The molecule has 2 aromatic rings. The molecule has 0 bridgehead atoms. The van der Waals surface area contributed by atoms with Crippen molar-refractivity contribution in [2.75, 3.05) is 5.32 Å². The van der Waals surface area contributed by atoms with E-state index in [0.29, 0.717) is 21.7 Å². The van der Waals surface area contributed by atoms with Crippen LogP contribution in [0.1, 0.15) is 5.82 Å². The molecule has 0 aliphatic rings. The van der Waals surface area contributed by atoms with Gasteiger partial charge in [-0.15, -0.1) is 0 Å². The molecule has 17 heavy (non-hydrogen) atoms. The number of nitrogens with one attached hydrogen (secondary N) is 1. The molecule has 0 aliphatic carbocycles. The summed E-state index contributed by atoms with van der Waals surface area (Å²) in [6.07, 6.45) is 1.62. The van der Waals surface area contributed by atoms with E-state index in [9.17, 15) is 0 Å². The number of halogens is 3. The molecule has 1 N–H and O–H groups in total. The minimum absolute atomic E-state index is 0.523. The molecule has 2 rings (SSSR count). The molecule has 6 heteroatoms. The molecule has 0 saturated carbocycles. The zero-order chi connectivity index (χ0) is 12.4. The maximum absolute atomic E-state index is 5.92. The Balaban J connectivity index is 2.07. The van der Waals surface area contributed by atoms with E-state index in [2.05, 4.69) is 10.3 Å². The minimum Gasteiger partial charge on any atom is -0.378 e. The Bertz CT molecular complexity index is 537. The second-order valence-corrected chi connectivity index (χ2v) is 4.74. The maximum Gasteiger partial charge on any atom is 0.128 e. The summed E-state index contributed by atoms with van der Waals surface area (Å²) >= 11 is 17.6. The van der Waals surface area contributed by atoms with Gasteiger partial charge in [-0.2, -0.15) is 0 Å². The summed E-state index contributed by atoms with van der Waals surface area (Å²) in [7, 11) is 1.86. The first-order valence-corrected chi connectivity index (χ1v) is 6.06. The van der Waals surface area contributed by atoms with Crippen molar-refractivity contribution in [3.05, 3.63) is 45.4 Å². The third kappa shape index (κ3) is 2.86. The van der Waals surface area contributed by atoms with Gasteiger partial charge in [0, 0.05) is 12.7 Å². The Morgan fingerprint density at radius 2 is 2.00 bits per heavy atom. The molecule has 90 valence electrons. The van der Waals surface area contributed by atoms with Crippen molar-refractivity contribution < 1.29 is 0 Å². The highest BCUT2D eigenvalue weighted by atomic mass is 35.5. The highest BCUT2D eigenvalue weighted by Crippen LogP contribution is 2.25. The lowest BCUT2D eigenvalue weighted by Gasteiger charge is -2.07. The van der Waals surface area contributed by atoms with Gasteiger partial charge in [-0.1, -0.05) is 34.8 Å². The number of hydrogen-bond donors (Lipinski definition) is 1. The minimum atomic E-state index is 0.523. The highest BCUT2D eigenvalue weighted by Gasteiger charge is 2.04. The van der Waals surface area contributed by atoms with Gasteiger partial charge in [-0.05, 0) is 18.2 Å². The summed E-state index contributed by atoms with van der Waals surface area (Å²) in [5.74, 6) is 0.848. The first-order valence-electron chi connectivity index (χ1n) is 4.93. The van der Waals surface area contributed by atoms with Gasteiger partial charge >= 0.3 is 0 Å². The summed E-state index contributed by atoms with van der Waals surface area (Å²) in [6.45, 7) is 0.571. The second kappa shape index (κ2) is 5.17. The number of rotatable bonds is 3. The van der Waals surface area contributed by atoms with E-state index in [0.717, 1.165) is 11.5 Å². The molecule has 0 amide bonds. The monoisotopic (exact) mass is 289 g/mol. The molecule has 0 radical (unpaired) electrons. The van der Waals surface area contributed by atoms with Crippen LogP contribution in [0.3, 0.4) is 0 Å². The van der Waals surface area contributed by atoms with E-state index < -0.39 is 0 Å². The standard InChI is InChI=1S/C11H10Cl3N3/c1-17-10(14)5-16-11(17)6-15-7-2-3-8(12)9(13)4-7/h2-5,15H,6H2,1H3. The van der Waals surface area contributed by atoms with Gasteiger partial charge in [0.05, 0.1) is 22.8 Å². The Labute approximate surface area is 114 Å². The number of aromatic nitrogens is 2. The van der Waals surface area contributed by atoms with Gasteiger partial charge in [-0.3, -0.25) is 0 Å². The van der Waals surface area contributed by atoms with Crippen LogP contribution < -0.4 is 5.32 Å². The fraction of sp³-hybridized carbons (Fsp3) is 0.182. The maximum atomic E-state index is 5.92. The SMILES string of the molecule is Cn1c(Cl)cnc1CNc1ccc(Cl)c(Cl)c1. The number of imidazole rings is 1. The molecule has 1 aromatic carbocycles. The van der Waals surface area contributed by atoms with Gasteiger partial charge in [0.1, 0.15) is 11.0 Å². The molecule has 0 unspecified atom stereocenters. The van der Waals surface area contributed by atoms with Crippen molar-refractivity contribution in [1.82, 2.24) is 9.55 Å². The fourth-order valence-corrected chi connectivity index (χ4v) is 1.82. The topological polar surface area (TPSA) is 29.9 Å². The van der Waals surface area contributed by atoms with Gasteiger partial charge in [-0.25, -0.2) is 4.98 Å². The largest absolute Gasteiger partial charge is 0.378 e. The summed E-state index contributed by atoms with van der Waals surface area (Å²) in [6, 6.07) is 5.38. The lowest BCUT2D eigenvalue weighted by atomic mass is 10.3. The van der Waals surface area contributed by atoms with Crippen LogP contribution in [0.15, 0.2) is 24.4 Å². The predicted molar refractivity (Wildman–Crippen MR) is 72.0 cm³/mol. The third-order valence-electron chi connectivity index (χ3n) is 2.40. The zero-order valence-corrected chi connectivity index (χ0v) is 11.3. The van der Waals surface area contributed by atoms with Crippen molar-refractivity contribution in [3.63, 3.8) is 0 Å². The van der Waals surface area contributed by atoms with Crippen molar-refractivity contribution in [2.45, 2.75) is 6.54 Å². The van der Waals surface area contributed by atoms with Crippen molar-refractivity contribution >= 4 is 40.5 Å². The van der Waals surface area contributed by atoms with Crippen molar-refractivity contribution in [3.8, 4) is 0 Å². The number of nitrogens with zero attached hydrogens (tertiary/aromatic N) is 2. The van der Waals surface area contributed by atoms with Gasteiger partial charge in [0.25, 0.3) is 0 Å². The average Bonchev–Trinajstić information content (AvgIpc) is 2.62. The lowest BCUT2D eigenvalue weighted by Crippen LogP contribution is -2.05. The summed E-state index contributed by atoms with van der Waals surface area (Å²) in [5.41, 5.74) is 0.888. The summed E-state index contributed by atoms with van der Waals surface area (Å²) in [5, 5.41) is 4.87. The second-order valence-electron chi connectivity index (χ2n) is 3.54. The van der Waals surface area contributed by atoms with E-state index in [-0.39, 0.29) is 0 Å². The number of benzene rings is 1. The van der Waals surface area contributed by atoms with Crippen LogP contribution in [0.2, 0.25) is 15.2 Å². The van der Waals surface area contributed by atoms with Gasteiger partial charge in [0.2, 0.25) is 0 Å². The van der Waals surface area contributed by atoms with Crippen LogP contribution >= 0.6 is 34.8 Å². The normalized spacial score (nSPS) is 10.6. The Hall–Kier alpha value is -0.900. The molecule has 0 spiro atoms. The van der Waals surface area contributed by atoms with Gasteiger partial charge < -0.3 is 9.88 Å². The van der Waals surface area contributed by atoms with Crippen LogP contribution in [-0.4, -0.2) is 9.55 Å². The molecule has 3 nitrogen and oxygen atoms in total. The average molecular weight is 291 g/mol. The van der Waals surface area contributed by atoms with Crippen LogP contribution in [0.5, 0.6) is 0 Å². The van der Waals surface area contributed by atoms with E-state index in [4.69, 9.17) is 34.8 Å². The Kier molecular flexibility index (Phi) is 3.82. The molecule has 0 saturated heterocycles. The fourth-order valence-electron chi connectivity index (χ4n) is 1.38. The molecule has 0 aliphatic heterocycles. The summed E-state index contributed by atoms with van der Waals surface area (Å²) < 4.78 is 1.81. The Morgan fingerprint density at radius 1 is 1.24 bits per heavy atom. The van der Waals surface area contributed by atoms with Crippen LogP contribution in [0, 0.1) is 0 Å². The van der Waals surface area contributed by atoms with Gasteiger partial charge in [0.15, 0.2) is 0 Å². The van der Waals surface area contributed by atoms with E-state index >= 15 is 0 Å². The van der Waals surface area contributed by atoms with E-state index in [1.165, 1.54) is 0 Å². The molecule has 1 aromatic heterocycles. The van der Waals surface area contributed by atoms with Crippen LogP contribution in [-0.2, 0) is 13.6 Å². The molecule has 1 heterocycles. The lowest BCUT2D eigenvalue weighted by molar-refractivity contribution is 0.813. The molecular weight excluding hydrogens is 281 g/mol. The molecular formula is C11H10Cl3N3. The first kappa shape index (κ1) is 12.6. The molecule has 0 fully saturated rings.